The molecular formula is C24H32N10O. The molecule has 2 fully saturated rings. The maximum atomic E-state index is 9.35. The van der Waals surface area contributed by atoms with E-state index in [1.807, 2.05) is 19.3 Å². The van der Waals surface area contributed by atoms with Crippen molar-refractivity contribution < 1.29 is 5.11 Å². The number of hydrogen-bond donors (Lipinski definition) is 3. The normalized spacial score (nSPS) is 22.1. The van der Waals surface area contributed by atoms with Crippen molar-refractivity contribution in [2.24, 2.45) is 7.05 Å². The highest BCUT2D eigenvalue weighted by Gasteiger charge is 2.39. The van der Waals surface area contributed by atoms with Crippen LogP contribution >= 0.6 is 0 Å². The molecule has 0 aromatic carbocycles. The third-order valence-electron chi connectivity index (χ3n) is 7.22. The number of piperidine rings is 2. The standard InChI is InChI=1S/C24H32N10O/c1-32-14-16(13-26-32)21-12-22(28-23-9-17(15-35)30-31-23)29-24(27-21)33(2)20-10-18-5-3-6-19(11-20)34(18)8-4-7-25/h9,12-14,18-20,35H,3-6,8,10-11,15H2,1-2H3,(H2,27,28,29,30,31)/t18-,19+,20?. The molecule has 35 heavy (non-hydrogen) atoms. The van der Waals surface area contributed by atoms with Gasteiger partial charge in [0.15, 0.2) is 5.82 Å². The topological polar surface area (TPSA) is 135 Å². The SMILES string of the molecule is CN(c1nc(Nc2cc(CO)[nH]n2)cc(-c2cnn(C)c2)n1)C1C[C@H]2CCC[C@@H](C1)N2CCC#N. The van der Waals surface area contributed by atoms with Crippen molar-refractivity contribution in [3.63, 3.8) is 0 Å². The minimum absolute atomic E-state index is 0.108. The van der Waals surface area contributed by atoms with Crippen LogP contribution in [0.1, 0.15) is 44.2 Å². The molecule has 11 nitrogen and oxygen atoms in total. The molecule has 1 unspecified atom stereocenters. The van der Waals surface area contributed by atoms with Crippen LogP contribution < -0.4 is 10.2 Å². The molecule has 3 aromatic heterocycles. The molecule has 0 amide bonds. The lowest BCUT2D eigenvalue weighted by atomic mass is 9.81. The molecule has 3 N–H and O–H groups in total. The van der Waals surface area contributed by atoms with Gasteiger partial charge >= 0.3 is 0 Å². The van der Waals surface area contributed by atoms with Gasteiger partial charge in [-0.15, -0.1) is 0 Å². The average molecular weight is 477 g/mol. The predicted octanol–water partition coefficient (Wildman–Crippen LogP) is 2.57. The first-order valence-electron chi connectivity index (χ1n) is 12.2. The number of aryl methyl sites for hydroxylation is 1. The molecular weight excluding hydrogens is 444 g/mol. The molecule has 2 saturated heterocycles. The van der Waals surface area contributed by atoms with Gasteiger partial charge in [0, 0.05) is 69.1 Å². The number of hydrogen-bond acceptors (Lipinski definition) is 9. The second-order valence-corrected chi connectivity index (χ2v) is 9.52. The molecule has 2 aliphatic heterocycles. The molecule has 3 atom stereocenters. The molecule has 0 aliphatic carbocycles. The van der Waals surface area contributed by atoms with E-state index in [0.29, 0.717) is 47.8 Å². The molecule has 0 radical (unpaired) electrons. The van der Waals surface area contributed by atoms with Crippen LogP contribution in [0.5, 0.6) is 0 Å². The first-order valence-corrected chi connectivity index (χ1v) is 12.2. The largest absolute Gasteiger partial charge is 0.390 e. The number of aromatic nitrogens is 6. The molecule has 5 heterocycles. The quantitative estimate of drug-likeness (QED) is 0.448. The Kier molecular flexibility index (Phi) is 6.66. The average Bonchev–Trinajstić information content (AvgIpc) is 3.50. The number of nitrogens with zero attached hydrogens (tertiary/aromatic N) is 8. The summed E-state index contributed by atoms with van der Waals surface area (Å²) >= 11 is 0. The van der Waals surface area contributed by atoms with Crippen LogP contribution in [0.3, 0.4) is 0 Å². The summed E-state index contributed by atoms with van der Waals surface area (Å²) in [4.78, 5) is 14.5. The van der Waals surface area contributed by atoms with E-state index < -0.39 is 0 Å². The summed E-state index contributed by atoms with van der Waals surface area (Å²) in [5.74, 6) is 1.86. The fraction of sp³-hybridized carbons (Fsp3) is 0.542. The summed E-state index contributed by atoms with van der Waals surface area (Å²) in [5, 5.41) is 33.0. The molecule has 0 saturated carbocycles. The number of nitrogens with one attached hydrogen (secondary N) is 2. The number of anilines is 3. The highest BCUT2D eigenvalue weighted by molar-refractivity contribution is 5.66. The van der Waals surface area contributed by atoms with E-state index in [-0.39, 0.29) is 6.61 Å². The van der Waals surface area contributed by atoms with Crippen LogP contribution in [0.2, 0.25) is 0 Å². The minimum Gasteiger partial charge on any atom is -0.390 e. The fourth-order valence-electron chi connectivity index (χ4n) is 5.47. The van der Waals surface area contributed by atoms with Gasteiger partial charge in [-0.05, 0) is 25.7 Å². The fourth-order valence-corrected chi connectivity index (χ4v) is 5.47. The smallest absolute Gasteiger partial charge is 0.227 e. The van der Waals surface area contributed by atoms with Gasteiger partial charge in [-0.25, -0.2) is 4.98 Å². The van der Waals surface area contributed by atoms with Gasteiger partial charge in [-0.2, -0.15) is 20.4 Å². The van der Waals surface area contributed by atoms with Crippen LogP contribution in [0.4, 0.5) is 17.6 Å². The molecule has 2 bridgehead atoms. The summed E-state index contributed by atoms with van der Waals surface area (Å²) in [5.41, 5.74) is 2.32. The Balaban J connectivity index is 1.42. The Bertz CT molecular complexity index is 1180. The van der Waals surface area contributed by atoms with E-state index in [9.17, 15) is 5.11 Å². The highest BCUT2D eigenvalue weighted by Crippen LogP contribution is 2.37. The highest BCUT2D eigenvalue weighted by atomic mass is 16.3. The number of fused-ring (bicyclic) bond motifs is 2. The van der Waals surface area contributed by atoms with Gasteiger partial charge in [0.1, 0.15) is 5.82 Å². The van der Waals surface area contributed by atoms with Crippen LogP contribution in [0, 0.1) is 11.3 Å². The van der Waals surface area contributed by atoms with Crippen molar-refractivity contribution in [3.8, 4) is 17.3 Å². The van der Waals surface area contributed by atoms with Gasteiger partial charge in [0.2, 0.25) is 5.95 Å². The Morgan fingerprint density at radius 3 is 2.69 bits per heavy atom. The van der Waals surface area contributed by atoms with Crippen molar-refractivity contribution in [2.45, 2.75) is 63.3 Å². The number of aliphatic hydroxyl groups excluding tert-OH is 1. The Hall–Kier alpha value is -3.49. The zero-order valence-electron chi connectivity index (χ0n) is 20.2. The number of aromatic amines is 1. The summed E-state index contributed by atoms with van der Waals surface area (Å²) in [7, 11) is 3.96. The van der Waals surface area contributed by atoms with Crippen LogP contribution in [-0.4, -0.2) is 71.7 Å². The third-order valence-corrected chi connectivity index (χ3v) is 7.22. The van der Waals surface area contributed by atoms with Crippen molar-refractivity contribution in [1.29, 1.82) is 5.26 Å². The maximum absolute atomic E-state index is 9.35. The van der Waals surface area contributed by atoms with Crippen molar-refractivity contribution in [2.75, 3.05) is 23.8 Å². The summed E-state index contributed by atoms with van der Waals surface area (Å²) in [6, 6.07) is 7.29. The van der Waals surface area contributed by atoms with Gasteiger partial charge in [-0.1, -0.05) is 6.42 Å². The third kappa shape index (κ3) is 4.99. The van der Waals surface area contributed by atoms with E-state index in [2.05, 4.69) is 43.5 Å². The lowest BCUT2D eigenvalue weighted by Crippen LogP contribution is -2.56. The van der Waals surface area contributed by atoms with Crippen LogP contribution in [-0.2, 0) is 13.7 Å². The zero-order chi connectivity index (χ0) is 24.4. The van der Waals surface area contributed by atoms with Crippen molar-refractivity contribution >= 4 is 17.6 Å². The van der Waals surface area contributed by atoms with Gasteiger partial charge in [0.25, 0.3) is 0 Å². The lowest BCUT2D eigenvalue weighted by molar-refractivity contribution is 0.0326. The second-order valence-electron chi connectivity index (χ2n) is 9.52. The molecule has 11 heteroatoms. The van der Waals surface area contributed by atoms with E-state index >= 15 is 0 Å². The zero-order valence-corrected chi connectivity index (χ0v) is 20.2. The summed E-state index contributed by atoms with van der Waals surface area (Å²) in [6.07, 6.45) is 10.0. The Labute approximate surface area is 204 Å². The van der Waals surface area contributed by atoms with E-state index in [0.717, 1.165) is 30.6 Å². The monoisotopic (exact) mass is 476 g/mol. The van der Waals surface area contributed by atoms with Crippen molar-refractivity contribution in [3.05, 3.63) is 30.2 Å². The Morgan fingerprint density at radius 1 is 1.23 bits per heavy atom. The van der Waals surface area contributed by atoms with Gasteiger partial charge in [0.05, 0.1) is 30.3 Å². The summed E-state index contributed by atoms with van der Waals surface area (Å²) < 4.78 is 1.76. The van der Waals surface area contributed by atoms with E-state index in [1.54, 1.807) is 16.9 Å². The van der Waals surface area contributed by atoms with Crippen LogP contribution in [0.25, 0.3) is 11.3 Å². The van der Waals surface area contributed by atoms with Gasteiger partial charge < -0.3 is 15.3 Å². The Morgan fingerprint density at radius 2 is 2.03 bits per heavy atom. The summed E-state index contributed by atoms with van der Waals surface area (Å²) in [6.45, 7) is 0.756. The second kappa shape index (κ2) is 10.0. The molecule has 2 aliphatic rings. The minimum atomic E-state index is -0.108. The molecule has 5 rings (SSSR count). The number of aliphatic hydroxyl groups is 1. The number of nitriles is 1. The van der Waals surface area contributed by atoms with E-state index in [4.69, 9.17) is 15.2 Å². The lowest BCUT2D eigenvalue weighted by Gasteiger charge is -2.50. The van der Waals surface area contributed by atoms with Crippen LogP contribution in [0.15, 0.2) is 24.5 Å². The maximum Gasteiger partial charge on any atom is 0.227 e. The molecule has 3 aromatic rings. The van der Waals surface area contributed by atoms with E-state index in [1.165, 1.54) is 19.3 Å². The first-order chi connectivity index (χ1) is 17.0. The number of H-pyrrole nitrogens is 1. The molecule has 0 spiro atoms. The number of rotatable bonds is 8. The molecule has 184 valence electrons. The first kappa shape index (κ1) is 23.3. The predicted molar refractivity (Wildman–Crippen MR) is 132 cm³/mol. The van der Waals surface area contributed by atoms with Gasteiger partial charge in [-0.3, -0.25) is 14.7 Å². The van der Waals surface area contributed by atoms with Crippen molar-refractivity contribution in [1.82, 2.24) is 34.8 Å².